The first-order chi connectivity index (χ1) is 18.3. The predicted octanol–water partition coefficient (Wildman–Crippen LogP) is 7.78. The van der Waals surface area contributed by atoms with Gasteiger partial charge in [-0.3, -0.25) is 0 Å². The Morgan fingerprint density at radius 1 is 0.381 bits per heavy atom. The zero-order valence-corrected chi connectivity index (χ0v) is 40.0. The average Bonchev–Trinajstić information content (AvgIpc) is 2.61. The van der Waals surface area contributed by atoms with Gasteiger partial charge in [0.15, 0.2) is 8.32 Å². The Bertz CT molecular complexity index is 834. The van der Waals surface area contributed by atoms with Gasteiger partial charge in [0.05, 0.1) is 8.07 Å². The van der Waals surface area contributed by atoms with E-state index in [2.05, 4.69) is 111 Å². The van der Waals surface area contributed by atoms with E-state index < -0.39 is 84.9 Å². The Balaban J connectivity index is 2.32. The van der Waals surface area contributed by atoms with Crippen molar-refractivity contribution in [1.29, 1.82) is 0 Å². The Morgan fingerprint density at radius 3 is 0.857 bits per heavy atom. The fraction of sp³-hybridized carbons (Fsp3) is 1.00. The Kier molecular flexibility index (Phi) is 12.4. The molecule has 0 aromatic carbocycles. The summed E-state index contributed by atoms with van der Waals surface area (Å²) < 4.78 is 54.2. The van der Waals surface area contributed by atoms with Gasteiger partial charge in [-0.1, -0.05) is 24.7 Å². The lowest BCUT2D eigenvalue weighted by atomic mass is 10.9. The highest BCUT2D eigenvalue weighted by Gasteiger charge is 2.55. The van der Waals surface area contributed by atoms with E-state index in [1.807, 2.05) is 0 Å². The van der Waals surface area contributed by atoms with Gasteiger partial charge in [-0.2, -0.15) is 0 Å². The van der Waals surface area contributed by atoms with Crippen molar-refractivity contribution in [3.05, 3.63) is 0 Å². The molecule has 9 nitrogen and oxygen atoms in total. The minimum Gasteiger partial charge on any atom is -0.432 e. The highest BCUT2D eigenvalue weighted by molar-refractivity contribution is 6.95. The molecule has 0 atom stereocenters. The van der Waals surface area contributed by atoms with Gasteiger partial charge in [-0.25, -0.2) is 0 Å². The van der Waals surface area contributed by atoms with Gasteiger partial charge in [-0.05, 0) is 123 Å². The summed E-state index contributed by atoms with van der Waals surface area (Å²) in [6, 6.07) is 5.98. The van der Waals surface area contributed by atoms with E-state index in [4.69, 9.17) is 32.9 Å². The van der Waals surface area contributed by atoms with Crippen molar-refractivity contribution in [1.82, 2.24) is 0 Å². The van der Waals surface area contributed by atoms with Gasteiger partial charge < -0.3 is 37.7 Å². The van der Waals surface area contributed by atoms with Crippen molar-refractivity contribution in [3.8, 4) is 0 Å². The van der Waals surface area contributed by atoms with Crippen LogP contribution in [-0.2, 0) is 32.9 Å². The molecule has 2 fully saturated rings. The van der Waals surface area contributed by atoms with Crippen molar-refractivity contribution in [2.24, 2.45) is 0 Å². The lowest BCUT2D eigenvalue weighted by Gasteiger charge is -2.48. The highest BCUT2D eigenvalue weighted by atomic mass is 28.5. The summed E-state index contributed by atoms with van der Waals surface area (Å²) in [6.45, 7) is 36.6. The summed E-state index contributed by atoms with van der Waals surface area (Å²) in [6.07, 6.45) is 0. The number of rotatable bonds is 9. The maximum absolute atomic E-state index is 10.9. The Labute approximate surface area is 268 Å². The third-order valence-electron chi connectivity index (χ3n) is 7.52. The molecule has 0 radical (unpaired) electrons. The van der Waals surface area contributed by atoms with E-state index in [1.165, 1.54) is 0 Å². The summed E-state index contributed by atoms with van der Waals surface area (Å²) in [5, 5.41) is 0. The zero-order valence-electron chi connectivity index (χ0n) is 30.0. The summed E-state index contributed by atoms with van der Waals surface area (Å²) in [7, 11) is -23.7. The summed E-state index contributed by atoms with van der Waals surface area (Å²) >= 11 is 0. The van der Waals surface area contributed by atoms with Crippen molar-refractivity contribution in [2.45, 2.75) is 148 Å². The molecule has 0 unspecified atom stereocenters. The molecule has 0 amide bonds. The second-order valence-electron chi connectivity index (χ2n) is 16.6. The lowest BCUT2D eigenvalue weighted by molar-refractivity contribution is 0.233. The van der Waals surface area contributed by atoms with E-state index >= 15 is 0 Å². The topological polar surface area (TPSA) is 94.1 Å². The molecule has 0 aromatic rings. The SMILES string of the molecule is C[Si](C)(O)CC[Si](C)(CC[Si]1(C)O[Si](C)(C)O[Si](C)(C)O[Si](C)(C)O1)CC[Si]1(C)O[Si](C)(C)O[Si](C)(C)O[Si](C)(C)O1. The van der Waals surface area contributed by atoms with Crippen LogP contribution in [0.2, 0.25) is 148 Å². The van der Waals surface area contributed by atoms with Gasteiger partial charge >= 0.3 is 68.5 Å². The molecule has 1 N–H and O–H groups in total. The van der Waals surface area contributed by atoms with Gasteiger partial charge in [0.25, 0.3) is 0 Å². The van der Waals surface area contributed by atoms with E-state index in [1.54, 1.807) is 0 Å². The van der Waals surface area contributed by atoms with Crippen LogP contribution in [0.4, 0.5) is 0 Å². The molecular weight excluding hydrogens is 701 g/mol. The molecule has 0 aliphatic carbocycles. The van der Waals surface area contributed by atoms with Crippen molar-refractivity contribution in [2.75, 3.05) is 0 Å². The minimum atomic E-state index is -2.59. The van der Waals surface area contributed by atoms with Crippen LogP contribution in [0.5, 0.6) is 0 Å². The molecule has 2 rings (SSSR count). The van der Waals surface area contributed by atoms with Crippen LogP contribution in [0, 0.1) is 0 Å². The molecule has 2 aliphatic rings. The lowest BCUT2D eigenvalue weighted by Crippen LogP contribution is -2.65. The van der Waals surface area contributed by atoms with E-state index in [9.17, 15) is 4.80 Å². The van der Waals surface area contributed by atoms with Crippen LogP contribution in [0.1, 0.15) is 0 Å². The van der Waals surface area contributed by atoms with Crippen LogP contribution in [0.15, 0.2) is 0 Å². The van der Waals surface area contributed by atoms with Gasteiger partial charge in [0.1, 0.15) is 0 Å². The summed E-state index contributed by atoms with van der Waals surface area (Å²) in [4.78, 5) is 10.9. The second kappa shape index (κ2) is 13.0. The number of hydrogen-bond donors (Lipinski definition) is 1. The predicted molar refractivity (Wildman–Crippen MR) is 197 cm³/mol. The first-order valence-electron chi connectivity index (χ1n) is 15.6. The highest BCUT2D eigenvalue weighted by Crippen LogP contribution is 2.40. The fourth-order valence-electron chi connectivity index (χ4n) is 6.86. The number of hydrogen-bond acceptors (Lipinski definition) is 9. The van der Waals surface area contributed by atoms with E-state index in [-0.39, 0.29) is 0 Å². The first-order valence-corrected chi connectivity index (χ1v) is 43.8. The maximum Gasteiger partial charge on any atom is 0.317 e. The van der Waals surface area contributed by atoms with E-state index in [0.717, 1.165) is 36.3 Å². The van der Waals surface area contributed by atoms with Crippen LogP contribution in [0.3, 0.4) is 0 Å². The van der Waals surface area contributed by atoms with Crippen molar-refractivity contribution < 1.29 is 37.7 Å². The molecule has 2 heterocycles. The molecular formula is C23H64O9Si10. The second-order valence-corrected chi connectivity index (χ2v) is 54.7. The van der Waals surface area contributed by atoms with E-state index in [0.29, 0.717) is 0 Å². The summed E-state index contributed by atoms with van der Waals surface area (Å²) in [5.41, 5.74) is 0. The van der Waals surface area contributed by atoms with Crippen LogP contribution in [0.25, 0.3) is 0 Å². The van der Waals surface area contributed by atoms with Gasteiger partial charge in [0, 0.05) is 0 Å². The monoisotopic (exact) mass is 764 g/mol. The Morgan fingerprint density at radius 2 is 0.619 bits per heavy atom. The van der Waals surface area contributed by atoms with Gasteiger partial charge in [-0.15, -0.1) is 0 Å². The fourth-order valence-corrected chi connectivity index (χ4v) is 62.5. The molecule has 0 bridgehead atoms. The molecule has 0 aromatic heterocycles. The maximum atomic E-state index is 10.9. The summed E-state index contributed by atoms with van der Waals surface area (Å²) in [5.74, 6) is 0. The molecule has 42 heavy (non-hydrogen) atoms. The standard InChI is InChI=1S/C23H64O9Si10/c1-33(2,24)18-19-40(15,20-22-41(16)29-36(7,8)25-34(3,4)26-37(9,10)30-41)21-23-42(17)31-38(11,12)27-35(5,6)28-39(13,14)32-42/h24H,18-23H2,1-17H3. The normalized spacial score (nSPS) is 28.1. The average molecular weight is 766 g/mol. The van der Waals surface area contributed by atoms with Crippen LogP contribution >= 0.6 is 0 Å². The molecule has 0 spiro atoms. The molecule has 250 valence electrons. The van der Waals surface area contributed by atoms with Crippen LogP contribution < -0.4 is 0 Å². The van der Waals surface area contributed by atoms with Crippen molar-refractivity contribution in [3.63, 3.8) is 0 Å². The first kappa shape index (κ1) is 40.0. The molecule has 0 saturated carbocycles. The van der Waals surface area contributed by atoms with Crippen molar-refractivity contribution >= 4 is 84.9 Å². The third kappa shape index (κ3) is 13.9. The Hall–Kier alpha value is 1.81. The van der Waals surface area contributed by atoms with Gasteiger partial charge in [0.2, 0.25) is 0 Å². The smallest absolute Gasteiger partial charge is 0.317 e. The largest absolute Gasteiger partial charge is 0.432 e. The zero-order chi connectivity index (χ0) is 32.9. The van der Waals surface area contributed by atoms with Crippen LogP contribution in [-0.4, -0.2) is 89.7 Å². The molecule has 19 heteroatoms. The molecule has 2 aliphatic heterocycles. The third-order valence-corrected chi connectivity index (χ3v) is 47.7. The quantitative estimate of drug-likeness (QED) is 0.237. The molecule has 2 saturated heterocycles. The minimum absolute atomic E-state index is 0.911.